The van der Waals surface area contributed by atoms with Crippen molar-refractivity contribution in [3.05, 3.63) is 41.4 Å². The lowest BCUT2D eigenvalue weighted by molar-refractivity contribution is -0.149. The maximum Gasteiger partial charge on any atom is 0.308 e. The molecular weight excluding hydrogens is 532 g/mol. The van der Waals surface area contributed by atoms with Crippen LogP contribution < -0.4 is 4.90 Å². The number of thioether (sulfide) groups is 1. The summed E-state index contributed by atoms with van der Waals surface area (Å²) < 4.78 is -0.909. The fraction of sp³-hybridized carbons (Fsp3) is 0.522. The van der Waals surface area contributed by atoms with Gasteiger partial charge in [0.2, 0.25) is 5.91 Å². The van der Waals surface area contributed by atoms with Crippen molar-refractivity contribution in [2.45, 2.75) is 47.2 Å². The molecule has 7 atom stereocenters. The first-order chi connectivity index (χ1) is 15.6. The summed E-state index contributed by atoms with van der Waals surface area (Å²) in [4.78, 5) is 43.0. The highest BCUT2D eigenvalue weighted by atomic mass is 79.9. The zero-order chi connectivity index (χ0) is 24.2. The van der Waals surface area contributed by atoms with E-state index >= 15 is 0 Å². The number of aliphatic hydroxyl groups excluding tert-OH is 1. The van der Waals surface area contributed by atoms with Gasteiger partial charge < -0.3 is 20.0 Å². The molecule has 3 saturated heterocycles. The predicted molar refractivity (Wildman–Crippen MR) is 132 cm³/mol. The molecule has 2 N–H and O–H groups in total. The molecule has 10 heteroatoms. The highest BCUT2D eigenvalue weighted by molar-refractivity contribution is 9.09. The molecule has 178 valence electrons. The number of hydrogen-bond acceptors (Lipinski definition) is 5. The third-order valence-corrected chi connectivity index (χ3v) is 10.5. The minimum Gasteiger partial charge on any atom is -0.481 e. The number of halogens is 2. The SMILES string of the molecule is C=CCN(C(=O)C1N([C@H](C)CO)C(=O)[C@@H]2[C@H](C(=O)O)[C@H]3SC12CC3Br)c1c(C)cccc1Cl. The third-order valence-electron chi connectivity index (χ3n) is 7.02. The summed E-state index contributed by atoms with van der Waals surface area (Å²) in [6, 6.07) is 3.77. The largest absolute Gasteiger partial charge is 0.481 e. The number of alkyl halides is 1. The van der Waals surface area contributed by atoms with E-state index < -0.39 is 34.6 Å². The molecule has 3 fully saturated rings. The van der Waals surface area contributed by atoms with Gasteiger partial charge in [-0.1, -0.05) is 45.7 Å². The summed E-state index contributed by atoms with van der Waals surface area (Å²) in [7, 11) is 0. The van der Waals surface area contributed by atoms with Crippen molar-refractivity contribution in [2.24, 2.45) is 11.8 Å². The van der Waals surface area contributed by atoms with E-state index in [0.717, 1.165) is 5.56 Å². The Labute approximate surface area is 210 Å². The van der Waals surface area contributed by atoms with E-state index in [4.69, 9.17) is 11.6 Å². The molecule has 3 aliphatic rings. The first-order valence-electron chi connectivity index (χ1n) is 10.8. The number of anilines is 1. The van der Waals surface area contributed by atoms with E-state index in [1.165, 1.54) is 21.6 Å². The lowest BCUT2D eigenvalue weighted by atomic mass is 9.71. The van der Waals surface area contributed by atoms with Crippen molar-refractivity contribution in [2.75, 3.05) is 18.1 Å². The Balaban J connectivity index is 1.87. The number of amides is 2. The van der Waals surface area contributed by atoms with Gasteiger partial charge in [0.25, 0.3) is 5.91 Å². The van der Waals surface area contributed by atoms with Crippen LogP contribution in [-0.2, 0) is 14.4 Å². The number of aliphatic hydroxyl groups is 1. The van der Waals surface area contributed by atoms with Gasteiger partial charge >= 0.3 is 5.97 Å². The van der Waals surface area contributed by atoms with Gasteiger partial charge in [-0.2, -0.15) is 0 Å². The van der Waals surface area contributed by atoms with Crippen molar-refractivity contribution < 1.29 is 24.6 Å². The van der Waals surface area contributed by atoms with Crippen molar-refractivity contribution in [3.8, 4) is 0 Å². The van der Waals surface area contributed by atoms with E-state index in [-0.39, 0.29) is 35.0 Å². The third kappa shape index (κ3) is 3.54. The maximum absolute atomic E-state index is 14.3. The van der Waals surface area contributed by atoms with Crippen LogP contribution in [0.25, 0.3) is 0 Å². The van der Waals surface area contributed by atoms with Gasteiger partial charge in [-0.05, 0) is 31.9 Å². The monoisotopic (exact) mass is 556 g/mol. The van der Waals surface area contributed by atoms with Crippen LogP contribution in [0.3, 0.4) is 0 Å². The number of para-hydroxylation sites is 1. The van der Waals surface area contributed by atoms with Crippen LogP contribution in [0.1, 0.15) is 18.9 Å². The molecule has 1 aromatic carbocycles. The molecule has 1 aromatic rings. The molecule has 2 bridgehead atoms. The Hall–Kier alpha value is -1.55. The van der Waals surface area contributed by atoms with Crippen LogP contribution in [0.2, 0.25) is 5.02 Å². The van der Waals surface area contributed by atoms with E-state index in [9.17, 15) is 24.6 Å². The number of carboxylic acids is 1. The van der Waals surface area contributed by atoms with Crippen LogP contribution in [-0.4, -0.2) is 73.0 Å². The predicted octanol–water partition coefficient (Wildman–Crippen LogP) is 3.10. The summed E-state index contributed by atoms with van der Waals surface area (Å²) in [6.45, 7) is 7.15. The van der Waals surface area contributed by atoms with E-state index in [1.807, 2.05) is 13.0 Å². The molecule has 33 heavy (non-hydrogen) atoms. The maximum atomic E-state index is 14.3. The highest BCUT2D eigenvalue weighted by Crippen LogP contribution is 2.68. The zero-order valence-electron chi connectivity index (χ0n) is 18.3. The van der Waals surface area contributed by atoms with E-state index in [0.29, 0.717) is 17.1 Å². The molecule has 0 aliphatic carbocycles. The zero-order valence-corrected chi connectivity index (χ0v) is 21.4. The second-order valence-electron chi connectivity index (χ2n) is 8.92. The van der Waals surface area contributed by atoms with Crippen LogP contribution >= 0.6 is 39.3 Å². The fourth-order valence-corrected chi connectivity index (χ4v) is 9.63. The summed E-state index contributed by atoms with van der Waals surface area (Å²) >= 11 is 11.5. The molecule has 0 aromatic heterocycles. The van der Waals surface area contributed by atoms with Gasteiger partial charge in [0, 0.05) is 16.6 Å². The lowest BCUT2D eigenvalue weighted by Crippen LogP contribution is -2.57. The lowest BCUT2D eigenvalue weighted by Gasteiger charge is -2.39. The van der Waals surface area contributed by atoms with Crippen molar-refractivity contribution >= 4 is 62.8 Å². The van der Waals surface area contributed by atoms with Gasteiger partial charge in [0.05, 0.1) is 39.9 Å². The van der Waals surface area contributed by atoms with Crippen molar-refractivity contribution in [1.82, 2.24) is 4.90 Å². The number of likely N-dealkylation sites (tertiary alicyclic amines) is 1. The highest BCUT2D eigenvalue weighted by Gasteiger charge is 2.76. The quantitative estimate of drug-likeness (QED) is 0.395. The Morgan fingerprint density at radius 1 is 1.48 bits per heavy atom. The van der Waals surface area contributed by atoms with Crippen LogP contribution in [0, 0.1) is 18.8 Å². The van der Waals surface area contributed by atoms with Gasteiger partial charge in [0.15, 0.2) is 0 Å². The number of carbonyl (C=O) groups excluding carboxylic acids is 2. The van der Waals surface area contributed by atoms with Gasteiger partial charge in [-0.25, -0.2) is 0 Å². The van der Waals surface area contributed by atoms with E-state index in [1.54, 1.807) is 25.1 Å². The molecule has 4 rings (SSSR count). The molecule has 0 radical (unpaired) electrons. The number of aliphatic carboxylic acids is 1. The number of carbonyl (C=O) groups is 3. The second-order valence-corrected chi connectivity index (χ2v) is 12.0. The minimum absolute atomic E-state index is 0.137. The second kappa shape index (κ2) is 8.91. The first kappa shape index (κ1) is 24.6. The molecule has 3 aliphatic heterocycles. The Morgan fingerprint density at radius 3 is 2.76 bits per heavy atom. The average Bonchev–Trinajstić information content (AvgIpc) is 3.35. The Morgan fingerprint density at radius 2 is 2.18 bits per heavy atom. The Kier molecular flexibility index (Phi) is 6.63. The number of benzene rings is 1. The van der Waals surface area contributed by atoms with Crippen molar-refractivity contribution in [3.63, 3.8) is 0 Å². The topological polar surface area (TPSA) is 98.2 Å². The fourth-order valence-electron chi connectivity index (χ4n) is 5.72. The van der Waals surface area contributed by atoms with Gasteiger partial charge in [-0.3, -0.25) is 14.4 Å². The molecule has 3 unspecified atom stereocenters. The normalized spacial score (nSPS) is 33.2. The Bertz CT molecular complexity index is 1000. The number of carboxylic acid groups (broad SMARTS) is 1. The minimum atomic E-state index is -1.04. The number of rotatable bonds is 7. The number of nitrogens with zero attached hydrogens (tertiary/aromatic N) is 2. The van der Waals surface area contributed by atoms with Crippen LogP contribution in [0.15, 0.2) is 30.9 Å². The van der Waals surface area contributed by atoms with Gasteiger partial charge in [0.1, 0.15) is 6.04 Å². The average molecular weight is 558 g/mol. The number of aryl methyl sites for hydroxylation is 1. The standard InChI is InChI=1S/C23H26BrClN2O5S/c1-4-8-26(17-11(2)6-5-7-14(17)25)21(30)19-23-9-13(24)18(33-23)15(22(31)32)16(23)20(29)27(19)12(3)10-28/h4-7,12-13,15-16,18-19,28H,1,8-10H2,2-3H3,(H,31,32)/t12-,13?,15+,16+,18+,19?,23?/m1/s1. The molecule has 2 amide bonds. The van der Waals surface area contributed by atoms with Crippen LogP contribution in [0.4, 0.5) is 5.69 Å². The summed E-state index contributed by atoms with van der Waals surface area (Å²) in [5.41, 5.74) is 1.33. The first-order valence-corrected chi connectivity index (χ1v) is 12.9. The summed E-state index contributed by atoms with van der Waals surface area (Å²) in [5, 5.41) is 20.0. The smallest absolute Gasteiger partial charge is 0.308 e. The molecule has 3 heterocycles. The number of hydrogen-bond donors (Lipinski definition) is 2. The molecule has 1 spiro atoms. The molecule has 7 nitrogen and oxygen atoms in total. The summed E-state index contributed by atoms with van der Waals surface area (Å²) in [6.07, 6.45) is 2.08. The number of fused-ring (bicyclic) bond motifs is 1. The van der Waals surface area contributed by atoms with E-state index in [2.05, 4.69) is 22.5 Å². The van der Waals surface area contributed by atoms with Crippen LogP contribution in [0.5, 0.6) is 0 Å². The van der Waals surface area contributed by atoms with Crippen molar-refractivity contribution in [1.29, 1.82) is 0 Å². The molecular formula is C23H26BrClN2O5S. The molecule has 0 saturated carbocycles. The van der Waals surface area contributed by atoms with Gasteiger partial charge in [-0.15, -0.1) is 18.3 Å². The summed E-state index contributed by atoms with van der Waals surface area (Å²) in [5.74, 6) is -3.50.